The molecule has 0 bridgehead atoms. The Kier molecular flexibility index (Phi) is 13.6. The standard InChI is InChI=1S/C19H26N4OS.C18H25N5OS/c1-13-8-16(6-7-20-13)9-17-5-4-14(2)23(11-17)12-18-10-21-19(25-18)22-15(3)24;1-12-6-15(4-5-19-12)7-16-10-23(13(2)8-20-16)11-17-9-21-18(25-17)22-14(3)24/h6-8,10,14,17H,4-5,9,11-12H2,1-3H3,(H,21,22,24);4-6,9,13,16,20H,7-8,10-11H2,1-3H3,(H,21,22,24)/t14-,17+;13-,16+/m00/s1. The van der Waals surface area contributed by atoms with E-state index in [9.17, 15) is 9.59 Å². The summed E-state index contributed by atoms with van der Waals surface area (Å²) in [7, 11) is 0. The zero-order valence-electron chi connectivity index (χ0n) is 30.1. The first-order chi connectivity index (χ1) is 24.0. The molecule has 2 amide bonds. The van der Waals surface area contributed by atoms with E-state index in [1.807, 2.05) is 31.7 Å². The maximum absolute atomic E-state index is 11.1. The van der Waals surface area contributed by atoms with E-state index in [0.29, 0.717) is 34.3 Å². The quantitative estimate of drug-likeness (QED) is 0.185. The number of aryl methyl sites for hydroxylation is 2. The van der Waals surface area contributed by atoms with E-state index in [4.69, 9.17) is 0 Å². The summed E-state index contributed by atoms with van der Waals surface area (Å²) in [6.07, 6.45) is 12.2. The maximum atomic E-state index is 11.1. The number of aromatic nitrogens is 4. The number of anilines is 2. The van der Waals surface area contributed by atoms with Crippen LogP contribution in [0.5, 0.6) is 0 Å². The number of likely N-dealkylation sites (tertiary alicyclic amines) is 1. The molecule has 2 aliphatic rings. The SMILES string of the molecule is CC(=O)Nc1ncc(CN2C[C@@H](Cc3ccnc(C)c3)CC[C@@H]2C)s1.CC(=O)Nc1ncc(CN2C[C@@H](Cc3ccnc(C)c3)NC[C@@H]2C)s1. The van der Waals surface area contributed by atoms with Crippen molar-refractivity contribution in [2.24, 2.45) is 5.92 Å². The number of amides is 2. The second kappa shape index (κ2) is 18.0. The van der Waals surface area contributed by atoms with Gasteiger partial charge in [-0.1, -0.05) is 0 Å². The summed E-state index contributed by atoms with van der Waals surface area (Å²) in [5.41, 5.74) is 4.87. The molecule has 4 aromatic rings. The summed E-state index contributed by atoms with van der Waals surface area (Å²) >= 11 is 3.12. The van der Waals surface area contributed by atoms with E-state index >= 15 is 0 Å². The van der Waals surface area contributed by atoms with E-state index in [1.54, 1.807) is 22.7 Å². The van der Waals surface area contributed by atoms with E-state index < -0.39 is 0 Å². The van der Waals surface area contributed by atoms with Crippen LogP contribution in [0.1, 0.15) is 72.8 Å². The molecule has 2 fully saturated rings. The number of rotatable bonds is 10. The molecule has 11 nitrogen and oxygen atoms in total. The number of carbonyl (C=O) groups excluding carboxylic acids is 2. The first kappa shape index (κ1) is 37.6. The van der Waals surface area contributed by atoms with Crippen molar-refractivity contribution >= 4 is 44.8 Å². The van der Waals surface area contributed by atoms with E-state index in [-0.39, 0.29) is 11.8 Å². The number of piperidine rings is 1. The van der Waals surface area contributed by atoms with Gasteiger partial charge in [-0.25, -0.2) is 9.97 Å². The molecule has 0 aliphatic carbocycles. The van der Waals surface area contributed by atoms with Gasteiger partial charge in [0, 0.05) is 111 Å². The minimum atomic E-state index is -0.0795. The van der Waals surface area contributed by atoms with Crippen LogP contribution in [0.4, 0.5) is 10.3 Å². The maximum Gasteiger partial charge on any atom is 0.223 e. The van der Waals surface area contributed by atoms with Crippen molar-refractivity contribution in [1.29, 1.82) is 0 Å². The fourth-order valence-corrected chi connectivity index (χ4v) is 8.43. The Bertz CT molecular complexity index is 1590. The zero-order chi connectivity index (χ0) is 35.6. The lowest BCUT2D eigenvalue weighted by Crippen LogP contribution is -2.55. The predicted octanol–water partition coefficient (Wildman–Crippen LogP) is 5.86. The Morgan fingerprint density at radius 2 is 1.32 bits per heavy atom. The van der Waals surface area contributed by atoms with Crippen LogP contribution in [0.25, 0.3) is 0 Å². The van der Waals surface area contributed by atoms with E-state index in [1.165, 1.54) is 47.6 Å². The molecule has 3 N–H and O–H groups in total. The Morgan fingerprint density at radius 3 is 1.86 bits per heavy atom. The third kappa shape index (κ3) is 11.7. The monoisotopic (exact) mass is 717 g/mol. The Hall–Kier alpha value is -3.62. The van der Waals surface area contributed by atoms with Crippen LogP contribution in [-0.4, -0.2) is 79.3 Å². The number of nitrogens with zero attached hydrogens (tertiary/aromatic N) is 6. The molecule has 4 aromatic heterocycles. The minimum absolute atomic E-state index is 0.0695. The van der Waals surface area contributed by atoms with Gasteiger partial charge in [-0.2, -0.15) is 0 Å². The van der Waals surface area contributed by atoms with Gasteiger partial charge in [-0.05, 0) is 94.7 Å². The first-order valence-corrected chi connectivity index (χ1v) is 19.1. The molecule has 0 aromatic carbocycles. The van der Waals surface area contributed by atoms with Crippen LogP contribution >= 0.6 is 22.7 Å². The summed E-state index contributed by atoms with van der Waals surface area (Å²) in [4.78, 5) is 46.8. The largest absolute Gasteiger partial charge is 0.311 e. The predicted molar refractivity (Wildman–Crippen MR) is 202 cm³/mol. The minimum Gasteiger partial charge on any atom is -0.311 e. The number of nitrogens with one attached hydrogen (secondary N) is 3. The van der Waals surface area contributed by atoms with Gasteiger partial charge in [-0.15, -0.1) is 22.7 Å². The Labute approximate surface area is 304 Å². The fourth-order valence-electron chi connectivity index (χ4n) is 6.66. The van der Waals surface area contributed by atoms with Gasteiger partial charge >= 0.3 is 0 Å². The fraction of sp³-hybridized carbons (Fsp3) is 0.514. The number of carbonyl (C=O) groups is 2. The summed E-state index contributed by atoms with van der Waals surface area (Å²) in [5, 5.41) is 10.5. The van der Waals surface area contributed by atoms with E-state index in [0.717, 1.165) is 57.0 Å². The van der Waals surface area contributed by atoms with Gasteiger partial charge in [-0.3, -0.25) is 29.4 Å². The van der Waals surface area contributed by atoms with Crippen molar-refractivity contribution in [3.63, 3.8) is 0 Å². The van der Waals surface area contributed by atoms with Crippen LogP contribution in [0.2, 0.25) is 0 Å². The number of hydrogen-bond donors (Lipinski definition) is 3. The molecular weight excluding hydrogens is 667 g/mol. The summed E-state index contributed by atoms with van der Waals surface area (Å²) < 4.78 is 0. The van der Waals surface area contributed by atoms with Crippen molar-refractivity contribution < 1.29 is 9.59 Å². The lowest BCUT2D eigenvalue weighted by molar-refractivity contribution is -0.115. The number of pyridine rings is 2. The third-order valence-corrected chi connectivity index (χ3v) is 11.0. The lowest BCUT2D eigenvalue weighted by Gasteiger charge is -2.38. The van der Waals surface area contributed by atoms with Crippen molar-refractivity contribution in [1.82, 2.24) is 35.1 Å². The van der Waals surface area contributed by atoms with Gasteiger partial charge in [0.25, 0.3) is 0 Å². The highest BCUT2D eigenvalue weighted by Gasteiger charge is 2.27. The highest BCUT2D eigenvalue weighted by Crippen LogP contribution is 2.29. The second-order valence-electron chi connectivity index (χ2n) is 13.8. The average Bonchev–Trinajstić information content (AvgIpc) is 3.69. The first-order valence-electron chi connectivity index (χ1n) is 17.5. The Balaban J connectivity index is 0.000000194. The van der Waals surface area contributed by atoms with Crippen LogP contribution in [0, 0.1) is 19.8 Å². The summed E-state index contributed by atoms with van der Waals surface area (Å²) in [6.45, 7) is 16.5. The molecule has 0 unspecified atom stereocenters. The molecular formula is C37H51N9O2S2. The van der Waals surface area contributed by atoms with Gasteiger partial charge in [0.15, 0.2) is 10.3 Å². The third-order valence-electron chi connectivity index (χ3n) is 9.21. The summed E-state index contributed by atoms with van der Waals surface area (Å²) in [6, 6.07) is 10.1. The zero-order valence-corrected chi connectivity index (χ0v) is 31.7. The molecule has 268 valence electrons. The van der Waals surface area contributed by atoms with Gasteiger partial charge < -0.3 is 16.0 Å². The molecule has 0 spiro atoms. The van der Waals surface area contributed by atoms with Crippen LogP contribution in [0.15, 0.2) is 49.1 Å². The van der Waals surface area contributed by atoms with Crippen molar-refractivity contribution in [3.05, 3.63) is 81.3 Å². The van der Waals surface area contributed by atoms with Crippen molar-refractivity contribution in [2.45, 2.75) is 98.4 Å². The van der Waals surface area contributed by atoms with Gasteiger partial charge in [0.2, 0.25) is 11.8 Å². The highest BCUT2D eigenvalue weighted by molar-refractivity contribution is 7.16. The number of thiazole rings is 2. The normalized spacial score (nSPS) is 21.2. The molecule has 0 radical (unpaired) electrons. The van der Waals surface area contributed by atoms with Crippen LogP contribution < -0.4 is 16.0 Å². The Morgan fingerprint density at radius 1 is 0.780 bits per heavy atom. The highest BCUT2D eigenvalue weighted by atomic mass is 32.1. The lowest BCUT2D eigenvalue weighted by atomic mass is 9.88. The second-order valence-corrected chi connectivity index (χ2v) is 16.0. The molecule has 0 saturated carbocycles. The topological polar surface area (TPSA) is 128 Å². The summed E-state index contributed by atoms with van der Waals surface area (Å²) in [5.74, 6) is 0.532. The van der Waals surface area contributed by atoms with Crippen molar-refractivity contribution in [2.75, 3.05) is 30.3 Å². The molecule has 2 aliphatic heterocycles. The average molecular weight is 718 g/mol. The van der Waals surface area contributed by atoms with Crippen LogP contribution in [-0.2, 0) is 35.5 Å². The van der Waals surface area contributed by atoms with Crippen molar-refractivity contribution in [3.8, 4) is 0 Å². The number of hydrogen-bond acceptors (Lipinski definition) is 11. The molecule has 6 heterocycles. The molecule has 2 saturated heterocycles. The van der Waals surface area contributed by atoms with Gasteiger partial charge in [0.05, 0.1) is 0 Å². The van der Waals surface area contributed by atoms with E-state index in [2.05, 4.69) is 90.7 Å². The molecule has 6 rings (SSSR count). The molecule has 13 heteroatoms. The van der Waals surface area contributed by atoms with Gasteiger partial charge in [0.1, 0.15) is 0 Å². The number of piperazine rings is 1. The molecule has 4 atom stereocenters. The smallest absolute Gasteiger partial charge is 0.223 e. The van der Waals surface area contributed by atoms with Crippen LogP contribution in [0.3, 0.4) is 0 Å². The molecule has 50 heavy (non-hydrogen) atoms.